The molecule has 0 spiro atoms. The van der Waals surface area contributed by atoms with Gasteiger partial charge in [0.25, 0.3) is 0 Å². The summed E-state index contributed by atoms with van der Waals surface area (Å²) in [4.78, 5) is 11.0. The lowest BCUT2D eigenvalue weighted by Crippen LogP contribution is -2.19. The highest BCUT2D eigenvalue weighted by Gasteiger charge is 2.07. The van der Waals surface area contributed by atoms with Crippen LogP contribution in [0.3, 0.4) is 0 Å². The van der Waals surface area contributed by atoms with Crippen LogP contribution in [0, 0.1) is 0 Å². The van der Waals surface area contributed by atoms with Gasteiger partial charge in [0.15, 0.2) is 0 Å². The lowest BCUT2D eigenvalue weighted by atomic mass is 10.2. The molecule has 0 fully saturated rings. The van der Waals surface area contributed by atoms with Crippen LogP contribution in [0.15, 0.2) is 12.2 Å². The molecule has 2 N–H and O–H groups in total. The van der Waals surface area contributed by atoms with Crippen LogP contribution in [-0.2, 0) is 14.3 Å². The van der Waals surface area contributed by atoms with E-state index >= 15 is 0 Å². The summed E-state index contributed by atoms with van der Waals surface area (Å²) >= 11 is 0. The van der Waals surface area contributed by atoms with Gasteiger partial charge in [-0.15, -0.1) is 0 Å². The molecule has 0 radical (unpaired) electrons. The highest BCUT2D eigenvalue weighted by molar-refractivity contribution is 5.86. The first-order chi connectivity index (χ1) is 8.11. The Kier molecular flexibility index (Phi) is 9.71. The van der Waals surface area contributed by atoms with Crippen LogP contribution in [0.1, 0.15) is 26.2 Å². The van der Waals surface area contributed by atoms with E-state index < -0.39 is 5.97 Å². The minimum atomic E-state index is -0.399. The van der Waals surface area contributed by atoms with Crippen molar-refractivity contribution in [1.82, 2.24) is 0 Å². The van der Waals surface area contributed by atoms with E-state index in [4.69, 9.17) is 19.7 Å². The summed E-state index contributed by atoms with van der Waals surface area (Å²) in [5, 5.41) is 17.6. The third-order valence-corrected chi connectivity index (χ3v) is 2.11. The Bertz CT molecular complexity index is 227. The van der Waals surface area contributed by atoms with Crippen LogP contribution >= 0.6 is 0 Å². The molecule has 0 heterocycles. The summed E-state index contributed by atoms with van der Waals surface area (Å²) in [5.74, 6) is -0.399. The summed E-state index contributed by atoms with van der Waals surface area (Å²) < 4.78 is 10.2. The molecule has 0 saturated heterocycles. The van der Waals surface area contributed by atoms with Crippen molar-refractivity contribution in [2.45, 2.75) is 32.3 Å². The van der Waals surface area contributed by atoms with Gasteiger partial charge in [0.1, 0.15) is 0 Å². The SMILES string of the molecule is C=C(C)C(=O)OCCCOC(CO)CCCO. The lowest BCUT2D eigenvalue weighted by Gasteiger charge is -2.14. The molecule has 0 aliphatic carbocycles. The van der Waals surface area contributed by atoms with Gasteiger partial charge in [0.05, 0.1) is 25.9 Å². The maximum absolute atomic E-state index is 11.0. The highest BCUT2D eigenvalue weighted by Crippen LogP contribution is 2.02. The Hall–Kier alpha value is -0.910. The molecule has 1 atom stereocenters. The van der Waals surface area contributed by atoms with E-state index in [1.165, 1.54) is 0 Å². The molecule has 0 aromatic heterocycles. The zero-order chi connectivity index (χ0) is 13.1. The van der Waals surface area contributed by atoms with Crippen molar-refractivity contribution in [3.63, 3.8) is 0 Å². The molecule has 0 aromatic carbocycles. The van der Waals surface area contributed by atoms with Crippen LogP contribution in [0.5, 0.6) is 0 Å². The molecule has 0 aliphatic rings. The molecule has 17 heavy (non-hydrogen) atoms. The summed E-state index contributed by atoms with van der Waals surface area (Å²) in [6.45, 7) is 5.79. The predicted molar refractivity (Wildman–Crippen MR) is 63.5 cm³/mol. The van der Waals surface area contributed by atoms with Crippen molar-refractivity contribution in [2.24, 2.45) is 0 Å². The standard InChI is InChI=1S/C12H22O5/c1-10(2)12(15)17-8-4-7-16-11(9-14)5-3-6-13/h11,13-14H,1,3-9H2,2H3. The van der Waals surface area contributed by atoms with Crippen molar-refractivity contribution in [1.29, 1.82) is 0 Å². The summed E-state index contributed by atoms with van der Waals surface area (Å²) in [7, 11) is 0. The summed E-state index contributed by atoms with van der Waals surface area (Å²) in [6, 6.07) is 0. The Balaban J connectivity index is 3.48. The maximum Gasteiger partial charge on any atom is 0.333 e. The predicted octanol–water partition coefficient (Wildman–Crippen LogP) is 0.646. The van der Waals surface area contributed by atoms with Gasteiger partial charge in [-0.05, 0) is 19.8 Å². The molecule has 5 heteroatoms. The van der Waals surface area contributed by atoms with E-state index in [9.17, 15) is 4.79 Å². The van der Waals surface area contributed by atoms with E-state index in [0.717, 1.165) is 0 Å². The van der Waals surface area contributed by atoms with Gasteiger partial charge in [-0.2, -0.15) is 0 Å². The number of carbonyl (C=O) groups is 1. The van der Waals surface area contributed by atoms with Gasteiger partial charge in [0.2, 0.25) is 0 Å². The Morgan fingerprint density at radius 1 is 1.29 bits per heavy atom. The number of aliphatic hydroxyl groups excluding tert-OH is 2. The fourth-order valence-electron chi connectivity index (χ4n) is 1.14. The first-order valence-corrected chi connectivity index (χ1v) is 5.77. The second-order valence-corrected chi connectivity index (χ2v) is 3.81. The average Bonchev–Trinajstić information content (AvgIpc) is 2.32. The Morgan fingerprint density at radius 3 is 2.53 bits per heavy atom. The molecule has 100 valence electrons. The van der Waals surface area contributed by atoms with Crippen LogP contribution in [0.4, 0.5) is 0 Å². The zero-order valence-corrected chi connectivity index (χ0v) is 10.4. The first-order valence-electron chi connectivity index (χ1n) is 5.77. The number of carbonyl (C=O) groups excluding carboxylic acids is 1. The van der Waals surface area contributed by atoms with Gasteiger partial charge < -0.3 is 19.7 Å². The molecular weight excluding hydrogens is 224 g/mol. The van der Waals surface area contributed by atoms with Gasteiger partial charge >= 0.3 is 5.97 Å². The van der Waals surface area contributed by atoms with Crippen molar-refractivity contribution < 1.29 is 24.5 Å². The van der Waals surface area contributed by atoms with E-state index in [-0.39, 0.29) is 25.9 Å². The minimum Gasteiger partial charge on any atom is -0.462 e. The van der Waals surface area contributed by atoms with Crippen molar-refractivity contribution >= 4 is 5.97 Å². The fourth-order valence-corrected chi connectivity index (χ4v) is 1.14. The van der Waals surface area contributed by atoms with Crippen LogP contribution in [0.25, 0.3) is 0 Å². The number of ether oxygens (including phenoxy) is 2. The minimum absolute atomic E-state index is 0.0639. The van der Waals surface area contributed by atoms with E-state index in [1.54, 1.807) is 6.92 Å². The monoisotopic (exact) mass is 246 g/mol. The van der Waals surface area contributed by atoms with Crippen molar-refractivity contribution in [3.8, 4) is 0 Å². The summed E-state index contributed by atoms with van der Waals surface area (Å²) in [5.41, 5.74) is 0.377. The Morgan fingerprint density at radius 2 is 2.00 bits per heavy atom. The van der Waals surface area contributed by atoms with Gasteiger partial charge in [-0.25, -0.2) is 4.79 Å². The second kappa shape index (κ2) is 10.3. The third-order valence-electron chi connectivity index (χ3n) is 2.11. The van der Waals surface area contributed by atoms with Gasteiger partial charge in [-0.3, -0.25) is 0 Å². The smallest absolute Gasteiger partial charge is 0.333 e. The lowest BCUT2D eigenvalue weighted by molar-refractivity contribution is -0.139. The van der Waals surface area contributed by atoms with Crippen LogP contribution in [0.2, 0.25) is 0 Å². The zero-order valence-electron chi connectivity index (χ0n) is 10.4. The van der Waals surface area contributed by atoms with Crippen molar-refractivity contribution in [2.75, 3.05) is 26.4 Å². The molecule has 0 aromatic rings. The molecule has 0 bridgehead atoms. The third kappa shape index (κ3) is 8.85. The molecular formula is C12H22O5. The number of esters is 1. The van der Waals surface area contributed by atoms with Crippen LogP contribution in [-0.4, -0.2) is 48.7 Å². The maximum atomic E-state index is 11.0. The molecule has 0 rings (SSSR count). The Labute approximate surface area is 102 Å². The average molecular weight is 246 g/mol. The van der Waals surface area contributed by atoms with E-state index in [1.807, 2.05) is 0 Å². The number of hydrogen-bond acceptors (Lipinski definition) is 5. The molecule has 0 saturated carbocycles. The number of aliphatic hydroxyl groups is 2. The van der Waals surface area contributed by atoms with E-state index in [2.05, 4.69) is 6.58 Å². The quantitative estimate of drug-likeness (QED) is 0.336. The van der Waals surface area contributed by atoms with Crippen LogP contribution < -0.4 is 0 Å². The van der Waals surface area contributed by atoms with Gasteiger partial charge in [0, 0.05) is 18.6 Å². The molecule has 0 aliphatic heterocycles. The largest absolute Gasteiger partial charge is 0.462 e. The second-order valence-electron chi connectivity index (χ2n) is 3.81. The molecule has 0 amide bonds. The van der Waals surface area contributed by atoms with E-state index in [0.29, 0.717) is 31.4 Å². The molecule has 5 nitrogen and oxygen atoms in total. The molecule has 1 unspecified atom stereocenters. The fraction of sp³-hybridized carbons (Fsp3) is 0.750. The normalized spacial score (nSPS) is 12.2. The number of rotatable bonds is 10. The highest BCUT2D eigenvalue weighted by atomic mass is 16.5. The summed E-state index contributed by atoms with van der Waals surface area (Å²) in [6.07, 6.45) is 1.56. The van der Waals surface area contributed by atoms with Gasteiger partial charge in [-0.1, -0.05) is 6.58 Å². The number of hydrogen-bond donors (Lipinski definition) is 2. The first kappa shape index (κ1) is 16.1. The topological polar surface area (TPSA) is 76.0 Å². The van der Waals surface area contributed by atoms with Crippen molar-refractivity contribution in [3.05, 3.63) is 12.2 Å².